The molecule has 1 fully saturated rings. The third-order valence-corrected chi connectivity index (χ3v) is 29.3. The average Bonchev–Trinajstić information content (AvgIpc) is 2.44. The predicted molar refractivity (Wildman–Crippen MR) is 131 cm³/mol. The maximum absolute atomic E-state index is 7.29. The van der Waals surface area contributed by atoms with Gasteiger partial charge in [0.05, 0.1) is 0 Å². The lowest BCUT2D eigenvalue weighted by Gasteiger charge is -2.51. The van der Waals surface area contributed by atoms with Crippen molar-refractivity contribution in [1.29, 1.82) is 0 Å². The fourth-order valence-corrected chi connectivity index (χ4v) is 45.1. The Balaban J connectivity index is 3.66. The number of hydrazine groups is 2. The molecule has 25 heavy (non-hydrogen) atoms. The Bertz CT molecular complexity index is 470. The van der Waals surface area contributed by atoms with E-state index in [1.54, 1.807) is 0 Å². The second kappa shape index (κ2) is 7.48. The van der Waals surface area contributed by atoms with Crippen molar-refractivity contribution in [3.63, 3.8) is 0 Å². The molecule has 1 saturated heterocycles. The van der Waals surface area contributed by atoms with Crippen LogP contribution in [0.5, 0.6) is 0 Å². The molecule has 13 heteroatoms. The molecule has 0 aliphatic carbocycles. The zero-order valence-corrected chi connectivity index (χ0v) is 26.0. The van der Waals surface area contributed by atoms with Gasteiger partial charge < -0.3 is 0 Å². The van der Waals surface area contributed by atoms with Crippen molar-refractivity contribution >= 4 is 80.9 Å². The normalized spacial score (nSPS) is 25.2. The van der Waals surface area contributed by atoms with Crippen molar-refractivity contribution < 1.29 is 0 Å². The first-order chi connectivity index (χ1) is 10.6. The van der Waals surface area contributed by atoms with E-state index in [4.69, 9.17) is 33.4 Å². The van der Waals surface area contributed by atoms with Crippen LogP contribution < -0.4 is 0 Å². The molecule has 0 amide bonds. The van der Waals surface area contributed by atoms with Crippen molar-refractivity contribution in [2.45, 2.75) is 78.6 Å². The van der Waals surface area contributed by atoms with Crippen molar-refractivity contribution in [3.05, 3.63) is 0 Å². The molecule has 4 nitrogen and oxygen atoms in total. The highest BCUT2D eigenvalue weighted by molar-refractivity contribution is 7.85. The smallest absolute Gasteiger partial charge is 0.282 e. The van der Waals surface area contributed by atoms with E-state index in [1.165, 1.54) is 0 Å². The standard InChI is InChI=1S/C12H36Cl3N4PSi5/c1-21(2,3)16-19(24(10,11)12)25(14,15)17(20(16)13)18(22(4,5)6)23(7,8)9/h1-12H3. The van der Waals surface area contributed by atoms with E-state index in [0.29, 0.717) is 0 Å². The number of nitrogens with zero attached hydrogens (tertiary/aromatic N) is 4. The topological polar surface area (TPSA) is 13.0 Å². The van der Waals surface area contributed by atoms with Gasteiger partial charge in [0, 0.05) is 0 Å². The quantitative estimate of drug-likeness (QED) is 0.229. The summed E-state index contributed by atoms with van der Waals surface area (Å²) < 4.78 is 9.77. The Morgan fingerprint density at radius 3 is 1.28 bits per heavy atom. The van der Waals surface area contributed by atoms with Gasteiger partial charge in [-0.2, -0.15) is 4.44 Å². The summed E-state index contributed by atoms with van der Waals surface area (Å²) in [6.45, 7) is 28.2. The molecule has 150 valence electrons. The van der Waals surface area contributed by atoms with Gasteiger partial charge >= 0.3 is 7.02 Å². The third-order valence-electron chi connectivity index (χ3n) is 3.69. The molecule has 0 bridgehead atoms. The highest BCUT2D eigenvalue weighted by Crippen LogP contribution is 2.66. The van der Waals surface area contributed by atoms with Crippen LogP contribution in [0.25, 0.3) is 0 Å². The van der Waals surface area contributed by atoms with Gasteiger partial charge in [-0.15, -0.1) is 22.2 Å². The van der Waals surface area contributed by atoms with Crippen LogP contribution in [0.15, 0.2) is 0 Å². The lowest BCUT2D eigenvalue weighted by atomic mass is 11.8. The Morgan fingerprint density at radius 2 is 1.08 bits per heavy atom. The fourth-order valence-electron chi connectivity index (χ4n) is 3.46. The maximum Gasteiger partial charge on any atom is 0.434 e. The third kappa shape index (κ3) is 5.23. The molecule has 0 aromatic heterocycles. The highest BCUT2D eigenvalue weighted by Gasteiger charge is 2.67. The SMILES string of the molecule is C[Si](C)(C)N1N([Si](C)(C)C)[Si](Cl)(Cl)N(N([Si](C)(C)C)[Si](C)(C)C)P1Cl. The minimum Gasteiger partial charge on any atom is -0.282 e. The second-order valence-corrected chi connectivity index (χ2v) is 39.1. The Morgan fingerprint density at radius 1 is 0.720 bits per heavy atom. The molecule has 1 aliphatic heterocycles. The summed E-state index contributed by atoms with van der Waals surface area (Å²) >= 11 is 21.8. The summed E-state index contributed by atoms with van der Waals surface area (Å²) in [6.07, 6.45) is 0. The van der Waals surface area contributed by atoms with Crippen LogP contribution in [-0.4, -0.2) is 57.5 Å². The fraction of sp³-hybridized carbons (Fsp3) is 1.00. The lowest BCUT2D eigenvalue weighted by molar-refractivity contribution is 0.383. The summed E-state index contributed by atoms with van der Waals surface area (Å²) in [7, 11) is -10.9. The predicted octanol–water partition coefficient (Wildman–Crippen LogP) is 6.76. The van der Waals surface area contributed by atoms with E-state index < -0.39 is 47.5 Å². The van der Waals surface area contributed by atoms with E-state index in [1.807, 2.05) is 0 Å². The molecule has 1 unspecified atom stereocenters. The van der Waals surface area contributed by atoms with Gasteiger partial charge in [-0.25, -0.2) is 8.79 Å². The van der Waals surface area contributed by atoms with E-state index in [2.05, 4.69) is 96.1 Å². The van der Waals surface area contributed by atoms with Crippen LogP contribution in [0, 0.1) is 0 Å². The molecule has 0 saturated carbocycles. The minimum absolute atomic E-state index is 1.08. The van der Waals surface area contributed by atoms with Gasteiger partial charge in [-0.3, -0.25) is 4.34 Å². The first-order valence-electron chi connectivity index (χ1n) is 8.69. The lowest BCUT2D eigenvalue weighted by Crippen LogP contribution is -2.72. The molecular weight excluding hydrogens is 478 g/mol. The first kappa shape index (κ1) is 25.3. The summed E-state index contributed by atoms with van der Waals surface area (Å²) in [5.41, 5.74) is 0. The van der Waals surface area contributed by atoms with E-state index >= 15 is 0 Å². The number of halogens is 3. The Kier molecular flexibility index (Phi) is 7.56. The largest absolute Gasteiger partial charge is 0.434 e. The van der Waals surface area contributed by atoms with E-state index in [-0.39, 0.29) is 0 Å². The van der Waals surface area contributed by atoms with Crippen LogP contribution in [0.1, 0.15) is 0 Å². The minimum atomic E-state index is -2.93. The Labute approximate surface area is 176 Å². The van der Waals surface area contributed by atoms with Crippen molar-refractivity contribution in [2.75, 3.05) is 0 Å². The van der Waals surface area contributed by atoms with Crippen LogP contribution >= 0.6 is 41.0 Å². The molecule has 0 N–H and O–H groups in total. The summed E-state index contributed by atoms with van der Waals surface area (Å²) in [5, 5.41) is 0. The second-order valence-electron chi connectivity index (χ2n) is 10.6. The monoisotopic (exact) mass is 512 g/mol. The molecule has 0 aromatic rings. The first-order valence-corrected chi connectivity index (χ1v) is 28.5. The van der Waals surface area contributed by atoms with Gasteiger partial charge in [0.25, 0.3) is 0 Å². The molecule has 1 heterocycles. The molecule has 0 spiro atoms. The van der Waals surface area contributed by atoms with E-state index in [0.717, 1.165) is 0 Å². The van der Waals surface area contributed by atoms with Gasteiger partial charge in [0.2, 0.25) is 0 Å². The summed E-state index contributed by atoms with van der Waals surface area (Å²) in [6, 6.07) is 0. The molecule has 0 aromatic carbocycles. The van der Waals surface area contributed by atoms with Crippen LogP contribution in [0.2, 0.25) is 78.6 Å². The average molecular weight is 514 g/mol. The number of hydrogen-bond donors (Lipinski definition) is 0. The molecule has 1 aliphatic rings. The van der Waals surface area contributed by atoms with Gasteiger partial charge in [0.15, 0.2) is 7.58 Å². The van der Waals surface area contributed by atoms with Crippen LogP contribution in [-0.2, 0) is 0 Å². The summed E-state index contributed by atoms with van der Waals surface area (Å²) in [5.74, 6) is 0. The maximum atomic E-state index is 7.29. The number of rotatable bonds is 5. The van der Waals surface area contributed by atoms with E-state index in [9.17, 15) is 0 Å². The van der Waals surface area contributed by atoms with Gasteiger partial charge in [-0.1, -0.05) is 89.8 Å². The molecule has 1 rings (SSSR count). The highest BCUT2D eigenvalue weighted by atomic mass is 35.7. The van der Waals surface area contributed by atoms with Crippen LogP contribution in [0.3, 0.4) is 0 Å². The van der Waals surface area contributed by atoms with Crippen molar-refractivity contribution in [1.82, 2.24) is 17.6 Å². The molecular formula is C12H36Cl3N4PSi5. The van der Waals surface area contributed by atoms with Gasteiger partial charge in [0.1, 0.15) is 32.9 Å². The molecule has 1 atom stereocenters. The van der Waals surface area contributed by atoms with Crippen LogP contribution in [0.4, 0.5) is 0 Å². The zero-order valence-electron chi connectivity index (χ0n) is 17.9. The molecule has 0 radical (unpaired) electrons. The summed E-state index contributed by atoms with van der Waals surface area (Å²) in [4.78, 5) is 0. The zero-order chi connectivity index (χ0) is 20.4. The van der Waals surface area contributed by atoms with Gasteiger partial charge in [-0.05, 0) is 0 Å². The van der Waals surface area contributed by atoms with Crippen molar-refractivity contribution in [2.24, 2.45) is 0 Å². The number of hydrogen-bond acceptors (Lipinski definition) is 4. The van der Waals surface area contributed by atoms with Crippen molar-refractivity contribution in [3.8, 4) is 0 Å². The Hall–Kier alpha value is 2.22.